The highest BCUT2D eigenvalue weighted by Gasteiger charge is 2.36. The fraction of sp³-hybridized carbons (Fsp3) is 0.600. The molecular weight excluding hydrogens is 254 g/mol. The maximum Gasteiger partial charge on any atom is 0.333 e. The van der Waals surface area contributed by atoms with Crippen molar-refractivity contribution in [2.24, 2.45) is 7.05 Å². The van der Waals surface area contributed by atoms with Crippen LogP contribution in [0.25, 0.3) is 0 Å². The van der Waals surface area contributed by atoms with Crippen LogP contribution in [-0.4, -0.2) is 51.5 Å². The van der Waals surface area contributed by atoms with Gasteiger partial charge in [-0.15, -0.1) is 0 Å². The molecule has 0 aromatic carbocycles. The second kappa shape index (κ2) is 4.84. The second-order valence-electron chi connectivity index (χ2n) is 4.39. The van der Waals surface area contributed by atoms with Crippen LogP contribution >= 0.6 is 0 Å². The van der Waals surface area contributed by atoms with E-state index in [0.717, 1.165) is 0 Å². The summed E-state index contributed by atoms with van der Waals surface area (Å²) in [6, 6.07) is -0.831. The number of hydrogen-bond acceptors (Lipinski definition) is 6. The number of anilines is 1. The molecule has 1 aliphatic heterocycles. The topological polar surface area (TPSA) is 114 Å². The number of rotatable bonds is 3. The maximum absolute atomic E-state index is 11.3. The number of nitrogens with one attached hydrogen (secondary N) is 1. The van der Waals surface area contributed by atoms with E-state index in [9.17, 15) is 20.0 Å². The van der Waals surface area contributed by atoms with E-state index >= 15 is 0 Å². The summed E-state index contributed by atoms with van der Waals surface area (Å²) in [7, 11) is 1.58. The second-order valence-corrected chi connectivity index (χ2v) is 4.39. The maximum atomic E-state index is 11.3. The number of nitrogens with zero attached hydrogens (tertiary/aromatic N) is 4. The molecule has 0 bridgehead atoms. The number of piperazine rings is 1. The van der Waals surface area contributed by atoms with E-state index in [1.807, 2.05) is 0 Å². The molecule has 1 aromatic heterocycles. The number of carboxylic acids is 1. The third-order valence-electron chi connectivity index (χ3n) is 3.14. The van der Waals surface area contributed by atoms with E-state index < -0.39 is 16.9 Å². The van der Waals surface area contributed by atoms with Crippen molar-refractivity contribution in [3.63, 3.8) is 0 Å². The van der Waals surface area contributed by atoms with Crippen LogP contribution in [0.15, 0.2) is 0 Å². The molecule has 104 valence electrons. The summed E-state index contributed by atoms with van der Waals surface area (Å²) >= 11 is 0. The van der Waals surface area contributed by atoms with Crippen molar-refractivity contribution in [1.29, 1.82) is 0 Å². The smallest absolute Gasteiger partial charge is 0.333 e. The SMILES string of the molecule is Cc1nn(C)c(N2CCNCC2C(=O)O)c1[N+](=O)[O-]. The molecule has 1 atom stereocenters. The zero-order valence-electron chi connectivity index (χ0n) is 10.7. The number of nitro groups is 1. The lowest BCUT2D eigenvalue weighted by Gasteiger charge is -2.34. The molecule has 19 heavy (non-hydrogen) atoms. The third kappa shape index (κ3) is 2.24. The van der Waals surface area contributed by atoms with Crippen molar-refractivity contribution in [2.75, 3.05) is 24.5 Å². The normalized spacial score (nSPS) is 19.5. The number of aromatic nitrogens is 2. The average molecular weight is 269 g/mol. The van der Waals surface area contributed by atoms with Gasteiger partial charge in [-0.3, -0.25) is 10.1 Å². The first kappa shape index (κ1) is 13.3. The highest BCUT2D eigenvalue weighted by atomic mass is 16.6. The van der Waals surface area contributed by atoms with Crippen LogP contribution in [0.5, 0.6) is 0 Å². The predicted molar refractivity (Wildman–Crippen MR) is 66.2 cm³/mol. The number of carboxylic acid groups (broad SMARTS) is 1. The first-order valence-electron chi connectivity index (χ1n) is 5.81. The van der Waals surface area contributed by atoms with Crippen molar-refractivity contribution in [3.05, 3.63) is 15.8 Å². The molecule has 2 heterocycles. The Labute approximate surface area is 109 Å². The van der Waals surface area contributed by atoms with Crippen molar-refractivity contribution in [1.82, 2.24) is 15.1 Å². The van der Waals surface area contributed by atoms with E-state index in [1.54, 1.807) is 14.0 Å². The zero-order chi connectivity index (χ0) is 14.2. The van der Waals surface area contributed by atoms with E-state index in [-0.39, 0.29) is 23.7 Å². The summed E-state index contributed by atoms with van der Waals surface area (Å²) in [5, 5.41) is 27.3. The molecule has 9 heteroatoms. The van der Waals surface area contributed by atoms with E-state index in [1.165, 1.54) is 9.58 Å². The molecule has 0 amide bonds. The first-order valence-corrected chi connectivity index (χ1v) is 5.81. The summed E-state index contributed by atoms with van der Waals surface area (Å²) in [4.78, 5) is 23.4. The molecule has 0 radical (unpaired) electrons. The van der Waals surface area contributed by atoms with Crippen LogP contribution in [-0.2, 0) is 11.8 Å². The Balaban J connectivity index is 2.50. The molecule has 1 unspecified atom stereocenters. The number of hydrogen-bond donors (Lipinski definition) is 2. The lowest BCUT2D eigenvalue weighted by atomic mass is 10.2. The van der Waals surface area contributed by atoms with Gasteiger partial charge in [0.1, 0.15) is 11.7 Å². The highest BCUT2D eigenvalue weighted by Crippen LogP contribution is 2.32. The highest BCUT2D eigenvalue weighted by molar-refractivity contribution is 5.80. The monoisotopic (exact) mass is 269 g/mol. The van der Waals surface area contributed by atoms with Crippen LogP contribution in [0.1, 0.15) is 5.69 Å². The Bertz CT molecular complexity index is 526. The molecule has 0 aliphatic carbocycles. The zero-order valence-corrected chi connectivity index (χ0v) is 10.7. The van der Waals surface area contributed by atoms with Gasteiger partial charge in [0.05, 0.1) is 4.92 Å². The molecule has 1 saturated heterocycles. The van der Waals surface area contributed by atoms with Gasteiger partial charge in [0.25, 0.3) is 0 Å². The summed E-state index contributed by atoms with van der Waals surface area (Å²) in [6.07, 6.45) is 0. The van der Waals surface area contributed by atoms with Gasteiger partial charge < -0.3 is 15.3 Å². The van der Waals surface area contributed by atoms with E-state index in [2.05, 4.69) is 10.4 Å². The first-order chi connectivity index (χ1) is 8.93. The number of aryl methyl sites for hydroxylation is 2. The minimum Gasteiger partial charge on any atom is -0.480 e. The van der Waals surface area contributed by atoms with E-state index in [4.69, 9.17) is 0 Å². The molecule has 2 N–H and O–H groups in total. The molecule has 1 fully saturated rings. The molecule has 2 rings (SSSR count). The standard InChI is InChI=1S/C10H15N5O4/c1-6-8(15(18)19)9(13(2)12-6)14-4-3-11-5-7(14)10(16)17/h7,11H,3-5H2,1-2H3,(H,16,17). The van der Waals surface area contributed by atoms with Crippen LogP contribution in [0.2, 0.25) is 0 Å². The lowest BCUT2D eigenvalue weighted by molar-refractivity contribution is -0.384. The molecule has 0 spiro atoms. The average Bonchev–Trinajstić information content (AvgIpc) is 2.64. The molecule has 1 aliphatic rings. The summed E-state index contributed by atoms with van der Waals surface area (Å²) in [6.45, 7) is 2.75. The summed E-state index contributed by atoms with van der Waals surface area (Å²) in [5.41, 5.74) is 0.154. The summed E-state index contributed by atoms with van der Waals surface area (Å²) in [5.74, 6) is -0.767. The van der Waals surface area contributed by atoms with Gasteiger partial charge in [0, 0.05) is 26.7 Å². The Kier molecular flexibility index (Phi) is 3.38. The van der Waals surface area contributed by atoms with Crippen LogP contribution in [0.4, 0.5) is 11.5 Å². The van der Waals surface area contributed by atoms with Gasteiger partial charge in [-0.2, -0.15) is 5.10 Å². The minimum absolute atomic E-state index is 0.129. The molecule has 1 aromatic rings. The quantitative estimate of drug-likeness (QED) is 0.561. The van der Waals surface area contributed by atoms with Gasteiger partial charge in [-0.25, -0.2) is 9.48 Å². The lowest BCUT2D eigenvalue weighted by Crippen LogP contribution is -2.55. The van der Waals surface area contributed by atoms with Crippen molar-refractivity contribution in [3.8, 4) is 0 Å². The van der Waals surface area contributed by atoms with Gasteiger partial charge >= 0.3 is 11.7 Å². The van der Waals surface area contributed by atoms with Crippen molar-refractivity contribution >= 4 is 17.5 Å². The minimum atomic E-state index is -1.01. The largest absolute Gasteiger partial charge is 0.480 e. The molecule has 9 nitrogen and oxygen atoms in total. The Morgan fingerprint density at radius 3 is 2.89 bits per heavy atom. The van der Waals surface area contributed by atoms with Gasteiger partial charge in [-0.1, -0.05) is 0 Å². The fourth-order valence-electron chi connectivity index (χ4n) is 2.35. The Morgan fingerprint density at radius 2 is 2.32 bits per heavy atom. The van der Waals surface area contributed by atoms with Gasteiger partial charge in [-0.05, 0) is 6.92 Å². The number of aliphatic carboxylic acids is 1. The van der Waals surface area contributed by atoms with Gasteiger partial charge in [0.15, 0.2) is 0 Å². The molecule has 0 saturated carbocycles. The Morgan fingerprint density at radius 1 is 1.63 bits per heavy atom. The molecular formula is C10H15N5O4. The van der Waals surface area contributed by atoms with Crippen LogP contribution in [0, 0.1) is 17.0 Å². The van der Waals surface area contributed by atoms with Crippen LogP contribution in [0.3, 0.4) is 0 Å². The Hall–Kier alpha value is -2.16. The van der Waals surface area contributed by atoms with Crippen molar-refractivity contribution in [2.45, 2.75) is 13.0 Å². The van der Waals surface area contributed by atoms with Gasteiger partial charge in [0.2, 0.25) is 5.82 Å². The fourth-order valence-corrected chi connectivity index (χ4v) is 2.35. The van der Waals surface area contributed by atoms with Crippen molar-refractivity contribution < 1.29 is 14.8 Å². The third-order valence-corrected chi connectivity index (χ3v) is 3.14. The number of carbonyl (C=O) groups is 1. The summed E-state index contributed by atoms with van der Waals surface area (Å²) < 4.78 is 1.37. The van der Waals surface area contributed by atoms with E-state index in [0.29, 0.717) is 13.1 Å². The predicted octanol–water partition coefficient (Wildman–Crippen LogP) is -0.500. The van der Waals surface area contributed by atoms with Crippen LogP contribution < -0.4 is 10.2 Å².